The van der Waals surface area contributed by atoms with Crippen LogP contribution >= 0.6 is 0 Å². The van der Waals surface area contributed by atoms with Crippen LogP contribution in [0.1, 0.15) is 25.7 Å². The molecule has 3 nitrogen and oxygen atoms in total. The molecule has 0 aliphatic carbocycles. The Morgan fingerprint density at radius 1 is 1.27 bits per heavy atom. The molecule has 0 aromatic rings. The van der Waals surface area contributed by atoms with Crippen LogP contribution in [0, 0.1) is 0 Å². The van der Waals surface area contributed by atoms with E-state index in [9.17, 15) is 0 Å². The summed E-state index contributed by atoms with van der Waals surface area (Å²) in [6.07, 6.45) is 5.25. The van der Waals surface area contributed by atoms with E-state index >= 15 is 0 Å². The van der Waals surface area contributed by atoms with Gasteiger partial charge in [-0.2, -0.15) is 0 Å². The third-order valence-electron chi connectivity index (χ3n) is 3.08. The summed E-state index contributed by atoms with van der Waals surface area (Å²) in [6.45, 7) is 0. The van der Waals surface area contributed by atoms with Crippen molar-refractivity contribution in [2.75, 3.05) is 7.11 Å². The Morgan fingerprint density at radius 3 is 2.27 bits per heavy atom. The van der Waals surface area contributed by atoms with E-state index in [4.69, 9.17) is 10.6 Å². The topological polar surface area (TPSA) is 38.5 Å². The van der Waals surface area contributed by atoms with E-state index < -0.39 is 0 Å². The van der Waals surface area contributed by atoms with Crippen molar-refractivity contribution in [2.45, 2.75) is 43.9 Å². The van der Waals surface area contributed by atoms with Crippen LogP contribution in [0.4, 0.5) is 0 Å². The van der Waals surface area contributed by atoms with Gasteiger partial charge in [0.05, 0.1) is 6.10 Å². The maximum atomic E-state index is 5.88. The average molecular weight is 156 g/mol. The lowest BCUT2D eigenvalue weighted by Gasteiger charge is -2.34. The maximum absolute atomic E-state index is 5.88. The Balaban J connectivity index is 2.02. The highest BCUT2D eigenvalue weighted by molar-refractivity contribution is 4.92. The second-order valence-electron chi connectivity index (χ2n) is 3.66. The zero-order valence-corrected chi connectivity index (χ0v) is 6.99. The molecule has 2 aliphatic rings. The van der Waals surface area contributed by atoms with Crippen molar-refractivity contribution in [3.8, 4) is 0 Å². The average Bonchev–Trinajstić information content (AvgIpc) is 2.26. The molecule has 2 heterocycles. The van der Waals surface area contributed by atoms with Gasteiger partial charge in [-0.3, -0.25) is 5.84 Å². The number of fused-ring (bicyclic) bond motifs is 2. The van der Waals surface area contributed by atoms with Gasteiger partial charge >= 0.3 is 0 Å². The third-order valence-corrected chi connectivity index (χ3v) is 3.08. The number of nitrogens with two attached hydrogens (primary N) is 1. The van der Waals surface area contributed by atoms with Crippen molar-refractivity contribution in [3.63, 3.8) is 0 Å². The Labute approximate surface area is 67.5 Å². The number of ether oxygens (including phenoxy) is 1. The number of rotatable bonds is 1. The monoisotopic (exact) mass is 156 g/mol. The molecule has 2 bridgehead atoms. The SMILES string of the molecule is COC1CC2CCC(C1)N2N. The Bertz CT molecular complexity index is 137. The van der Waals surface area contributed by atoms with Gasteiger partial charge in [-0.15, -0.1) is 0 Å². The van der Waals surface area contributed by atoms with E-state index in [1.54, 1.807) is 7.11 Å². The molecular weight excluding hydrogens is 140 g/mol. The van der Waals surface area contributed by atoms with Gasteiger partial charge in [0.15, 0.2) is 0 Å². The molecule has 0 aromatic heterocycles. The summed E-state index contributed by atoms with van der Waals surface area (Å²) in [7, 11) is 1.80. The summed E-state index contributed by atoms with van der Waals surface area (Å²) in [4.78, 5) is 0. The second-order valence-corrected chi connectivity index (χ2v) is 3.66. The molecule has 0 amide bonds. The predicted molar refractivity (Wildman–Crippen MR) is 42.9 cm³/mol. The Hall–Kier alpha value is -0.120. The van der Waals surface area contributed by atoms with Crippen LogP contribution in [0.15, 0.2) is 0 Å². The minimum atomic E-state index is 0.465. The van der Waals surface area contributed by atoms with E-state index in [0.717, 1.165) is 12.8 Å². The zero-order valence-electron chi connectivity index (χ0n) is 6.99. The molecule has 11 heavy (non-hydrogen) atoms. The smallest absolute Gasteiger partial charge is 0.0602 e. The minimum Gasteiger partial charge on any atom is -0.381 e. The van der Waals surface area contributed by atoms with Crippen LogP contribution in [0.25, 0.3) is 0 Å². The first kappa shape index (κ1) is 7.53. The Morgan fingerprint density at radius 2 is 1.82 bits per heavy atom. The molecule has 2 N–H and O–H groups in total. The molecule has 64 valence electrons. The molecule has 2 atom stereocenters. The van der Waals surface area contributed by atoms with E-state index in [0.29, 0.717) is 18.2 Å². The highest BCUT2D eigenvalue weighted by Crippen LogP contribution is 2.33. The number of hydrazine groups is 1. The van der Waals surface area contributed by atoms with Crippen LogP contribution in [0.2, 0.25) is 0 Å². The van der Waals surface area contributed by atoms with Gasteiger partial charge in [-0.05, 0) is 25.7 Å². The molecule has 3 heteroatoms. The van der Waals surface area contributed by atoms with Crippen LogP contribution in [-0.2, 0) is 4.74 Å². The fourth-order valence-electron chi connectivity index (χ4n) is 2.36. The summed E-state index contributed by atoms with van der Waals surface area (Å²) in [6, 6.07) is 1.19. The van der Waals surface area contributed by atoms with E-state index in [2.05, 4.69) is 0 Å². The highest BCUT2D eigenvalue weighted by atomic mass is 16.5. The molecule has 2 aliphatic heterocycles. The number of piperidine rings is 1. The van der Waals surface area contributed by atoms with E-state index in [1.807, 2.05) is 5.01 Å². The number of hydrogen-bond acceptors (Lipinski definition) is 3. The predicted octanol–water partition coefficient (Wildman–Crippen LogP) is 0.502. The number of hydrogen-bond donors (Lipinski definition) is 1. The van der Waals surface area contributed by atoms with Crippen molar-refractivity contribution in [1.82, 2.24) is 5.01 Å². The molecule has 2 rings (SSSR count). The summed E-state index contributed by atoms with van der Waals surface area (Å²) in [5, 5.41) is 2.04. The molecular formula is C8H16N2O. The lowest BCUT2D eigenvalue weighted by Crippen LogP contribution is -2.49. The summed E-state index contributed by atoms with van der Waals surface area (Å²) < 4.78 is 5.34. The molecule has 0 spiro atoms. The fraction of sp³-hybridized carbons (Fsp3) is 1.00. The molecule has 0 saturated carbocycles. The van der Waals surface area contributed by atoms with Crippen molar-refractivity contribution < 1.29 is 4.74 Å². The van der Waals surface area contributed by atoms with Gasteiger partial charge in [0.1, 0.15) is 0 Å². The number of nitrogens with zero attached hydrogens (tertiary/aromatic N) is 1. The van der Waals surface area contributed by atoms with E-state index in [-0.39, 0.29) is 0 Å². The number of methoxy groups -OCH3 is 1. The zero-order chi connectivity index (χ0) is 7.84. The second kappa shape index (κ2) is 2.73. The third kappa shape index (κ3) is 1.17. The quantitative estimate of drug-likeness (QED) is 0.562. The molecule has 2 unspecified atom stereocenters. The van der Waals surface area contributed by atoms with Crippen molar-refractivity contribution in [2.24, 2.45) is 5.84 Å². The summed E-state index contributed by atoms with van der Waals surface area (Å²) in [5.41, 5.74) is 0. The lowest BCUT2D eigenvalue weighted by molar-refractivity contribution is 0.00554. The van der Waals surface area contributed by atoms with Gasteiger partial charge in [0, 0.05) is 19.2 Å². The first-order valence-corrected chi connectivity index (χ1v) is 4.37. The van der Waals surface area contributed by atoms with Gasteiger partial charge in [-0.1, -0.05) is 0 Å². The molecule has 0 radical (unpaired) electrons. The first-order chi connectivity index (χ1) is 5.31. The highest BCUT2D eigenvalue weighted by Gasteiger charge is 2.38. The van der Waals surface area contributed by atoms with Crippen molar-refractivity contribution in [3.05, 3.63) is 0 Å². The molecule has 2 saturated heterocycles. The van der Waals surface area contributed by atoms with Gasteiger partial charge in [0.2, 0.25) is 0 Å². The minimum absolute atomic E-state index is 0.465. The van der Waals surface area contributed by atoms with Crippen LogP contribution in [0.5, 0.6) is 0 Å². The van der Waals surface area contributed by atoms with Gasteiger partial charge < -0.3 is 4.74 Å². The van der Waals surface area contributed by atoms with Crippen LogP contribution in [0.3, 0.4) is 0 Å². The normalized spacial score (nSPS) is 44.7. The van der Waals surface area contributed by atoms with E-state index in [1.165, 1.54) is 12.8 Å². The largest absolute Gasteiger partial charge is 0.381 e. The van der Waals surface area contributed by atoms with Gasteiger partial charge in [-0.25, -0.2) is 5.01 Å². The summed E-state index contributed by atoms with van der Waals surface area (Å²) in [5.74, 6) is 5.88. The molecule has 2 fully saturated rings. The van der Waals surface area contributed by atoms with Crippen molar-refractivity contribution >= 4 is 0 Å². The lowest BCUT2D eigenvalue weighted by atomic mass is 10.0. The molecule has 0 aromatic carbocycles. The Kier molecular flexibility index (Phi) is 1.87. The summed E-state index contributed by atoms with van der Waals surface area (Å²) >= 11 is 0. The van der Waals surface area contributed by atoms with Crippen molar-refractivity contribution in [1.29, 1.82) is 0 Å². The fourth-order valence-corrected chi connectivity index (χ4v) is 2.36. The maximum Gasteiger partial charge on any atom is 0.0602 e. The van der Waals surface area contributed by atoms with Gasteiger partial charge in [0.25, 0.3) is 0 Å². The van der Waals surface area contributed by atoms with Crippen LogP contribution in [-0.4, -0.2) is 30.3 Å². The standard InChI is InChI=1S/C8H16N2O/c1-11-8-4-6-2-3-7(5-8)10(6)9/h6-8H,2-5,9H2,1H3. The van der Waals surface area contributed by atoms with Crippen LogP contribution < -0.4 is 5.84 Å². The first-order valence-electron chi connectivity index (χ1n) is 4.37.